The van der Waals surface area contributed by atoms with Crippen LogP contribution in [0.5, 0.6) is 5.75 Å². The summed E-state index contributed by atoms with van der Waals surface area (Å²) in [4.78, 5) is 16.7. The number of hydrogen-bond donors (Lipinski definition) is 2. The molecule has 1 amide bonds. The number of nitrogens with one attached hydrogen (secondary N) is 1. The van der Waals surface area contributed by atoms with Gasteiger partial charge in [0.2, 0.25) is 0 Å². The Morgan fingerprint density at radius 2 is 1.92 bits per heavy atom. The summed E-state index contributed by atoms with van der Waals surface area (Å²) in [5, 5.41) is 14.8. The molecule has 1 heterocycles. The zero-order valence-corrected chi connectivity index (χ0v) is 14.0. The highest BCUT2D eigenvalue weighted by molar-refractivity contribution is 6.13. The molecule has 1 aromatic heterocycles. The van der Waals surface area contributed by atoms with Gasteiger partial charge in [0.25, 0.3) is 5.91 Å². The van der Waals surface area contributed by atoms with E-state index in [9.17, 15) is 9.90 Å². The van der Waals surface area contributed by atoms with Gasteiger partial charge in [0, 0.05) is 23.3 Å². The fourth-order valence-electron chi connectivity index (χ4n) is 2.61. The van der Waals surface area contributed by atoms with Gasteiger partial charge in [0.05, 0.1) is 5.69 Å². The van der Waals surface area contributed by atoms with E-state index in [1.165, 1.54) is 0 Å². The van der Waals surface area contributed by atoms with E-state index < -0.39 is 0 Å². The molecule has 0 aliphatic heterocycles. The molecule has 0 saturated heterocycles. The van der Waals surface area contributed by atoms with Crippen molar-refractivity contribution in [1.82, 2.24) is 4.98 Å². The Balaban J connectivity index is 1.92. The topological polar surface area (TPSA) is 62.2 Å². The second-order valence-corrected chi connectivity index (χ2v) is 6.84. The number of nitrogens with zero attached hydrogens (tertiary/aromatic N) is 1. The van der Waals surface area contributed by atoms with E-state index >= 15 is 0 Å². The number of aromatic nitrogens is 1. The third-order valence-corrected chi connectivity index (χ3v) is 4.04. The molecule has 2 aromatic carbocycles. The summed E-state index contributed by atoms with van der Waals surface area (Å²) in [5.74, 6) is -0.191. The van der Waals surface area contributed by atoms with Crippen LogP contribution in [0.1, 0.15) is 36.7 Å². The second-order valence-electron chi connectivity index (χ2n) is 6.84. The van der Waals surface area contributed by atoms with E-state index in [4.69, 9.17) is 0 Å². The van der Waals surface area contributed by atoms with Crippen LogP contribution in [-0.4, -0.2) is 16.0 Å². The van der Waals surface area contributed by atoms with E-state index in [1.807, 2.05) is 24.3 Å². The van der Waals surface area contributed by atoms with Crippen LogP contribution >= 0.6 is 0 Å². The third-order valence-electron chi connectivity index (χ3n) is 4.04. The molecule has 4 nitrogen and oxygen atoms in total. The minimum absolute atomic E-state index is 0.0668. The van der Waals surface area contributed by atoms with Crippen molar-refractivity contribution in [2.24, 2.45) is 0 Å². The summed E-state index contributed by atoms with van der Waals surface area (Å²) in [7, 11) is 0. The predicted molar refractivity (Wildman–Crippen MR) is 96.5 cm³/mol. The highest BCUT2D eigenvalue weighted by Crippen LogP contribution is 2.31. The molecule has 24 heavy (non-hydrogen) atoms. The molecule has 0 bridgehead atoms. The first kappa shape index (κ1) is 16.0. The molecular formula is C20H20N2O2. The number of aromatic hydroxyl groups is 1. The fraction of sp³-hybridized carbons (Fsp3) is 0.200. The molecule has 3 rings (SSSR count). The number of pyridine rings is 1. The first-order valence-electron chi connectivity index (χ1n) is 7.84. The normalized spacial score (nSPS) is 11.5. The molecule has 2 N–H and O–H groups in total. The van der Waals surface area contributed by atoms with Crippen molar-refractivity contribution in [2.75, 3.05) is 5.32 Å². The summed E-state index contributed by atoms with van der Waals surface area (Å²) in [5.41, 5.74) is 1.89. The van der Waals surface area contributed by atoms with Gasteiger partial charge in [-0.05, 0) is 40.6 Å². The SMILES string of the molecule is CC(C)(C)c1ccc(NC(=O)c2cccc3cnccc23)c(O)c1. The van der Waals surface area contributed by atoms with Crippen molar-refractivity contribution in [1.29, 1.82) is 0 Å². The van der Waals surface area contributed by atoms with Crippen molar-refractivity contribution in [3.8, 4) is 5.75 Å². The quantitative estimate of drug-likeness (QED) is 0.684. The Morgan fingerprint density at radius 1 is 1.12 bits per heavy atom. The molecule has 0 aliphatic rings. The number of carbonyl (C=O) groups excluding carboxylic acids is 1. The minimum Gasteiger partial charge on any atom is -0.506 e. The summed E-state index contributed by atoms with van der Waals surface area (Å²) in [6, 6.07) is 12.7. The largest absolute Gasteiger partial charge is 0.506 e. The maximum absolute atomic E-state index is 12.6. The molecule has 0 spiro atoms. The molecule has 4 heteroatoms. The van der Waals surface area contributed by atoms with E-state index in [0.29, 0.717) is 11.3 Å². The number of hydrogen-bond acceptors (Lipinski definition) is 3. The van der Waals surface area contributed by atoms with Crippen molar-refractivity contribution in [3.63, 3.8) is 0 Å². The number of carbonyl (C=O) groups is 1. The van der Waals surface area contributed by atoms with Crippen molar-refractivity contribution in [3.05, 3.63) is 66.0 Å². The Kier molecular flexibility index (Phi) is 3.97. The zero-order valence-electron chi connectivity index (χ0n) is 14.0. The van der Waals surface area contributed by atoms with Gasteiger partial charge < -0.3 is 10.4 Å². The molecular weight excluding hydrogens is 300 g/mol. The van der Waals surface area contributed by atoms with Gasteiger partial charge in [-0.3, -0.25) is 9.78 Å². The third kappa shape index (κ3) is 3.08. The van der Waals surface area contributed by atoms with Crippen LogP contribution in [0.4, 0.5) is 5.69 Å². The molecule has 0 saturated carbocycles. The van der Waals surface area contributed by atoms with Crippen molar-refractivity contribution in [2.45, 2.75) is 26.2 Å². The molecule has 0 fully saturated rings. The molecule has 0 radical (unpaired) electrons. The molecule has 3 aromatic rings. The zero-order chi connectivity index (χ0) is 17.3. The van der Waals surface area contributed by atoms with Crippen LogP contribution in [0.25, 0.3) is 10.8 Å². The van der Waals surface area contributed by atoms with Crippen LogP contribution in [0.3, 0.4) is 0 Å². The number of rotatable bonds is 2. The van der Waals surface area contributed by atoms with Crippen molar-refractivity contribution >= 4 is 22.4 Å². The van der Waals surface area contributed by atoms with Crippen molar-refractivity contribution < 1.29 is 9.90 Å². The Labute approximate surface area is 141 Å². The van der Waals surface area contributed by atoms with Crippen LogP contribution < -0.4 is 5.32 Å². The van der Waals surface area contributed by atoms with Gasteiger partial charge in [-0.25, -0.2) is 0 Å². The number of fused-ring (bicyclic) bond motifs is 1. The van der Waals surface area contributed by atoms with Gasteiger partial charge in [0.1, 0.15) is 5.75 Å². The van der Waals surface area contributed by atoms with Crippen LogP contribution in [0, 0.1) is 0 Å². The molecule has 0 atom stereocenters. The maximum Gasteiger partial charge on any atom is 0.256 e. The minimum atomic E-state index is -0.259. The lowest BCUT2D eigenvalue weighted by molar-refractivity contribution is 0.102. The molecule has 0 aliphatic carbocycles. The summed E-state index contributed by atoms with van der Waals surface area (Å²) in [6.45, 7) is 6.22. The molecule has 122 valence electrons. The maximum atomic E-state index is 12.6. The smallest absolute Gasteiger partial charge is 0.256 e. The van der Waals surface area contributed by atoms with E-state index in [2.05, 4.69) is 31.1 Å². The average molecular weight is 320 g/mol. The number of anilines is 1. The highest BCUT2D eigenvalue weighted by Gasteiger charge is 2.17. The second kappa shape index (κ2) is 5.96. The predicted octanol–water partition coefficient (Wildman–Crippen LogP) is 4.49. The lowest BCUT2D eigenvalue weighted by Crippen LogP contribution is -2.14. The van der Waals surface area contributed by atoms with Crippen LogP contribution in [0.15, 0.2) is 54.9 Å². The summed E-state index contributed by atoms with van der Waals surface area (Å²) in [6.07, 6.45) is 3.39. The van der Waals surface area contributed by atoms with Gasteiger partial charge in [-0.15, -0.1) is 0 Å². The fourth-order valence-corrected chi connectivity index (χ4v) is 2.61. The van der Waals surface area contributed by atoms with E-state index in [1.54, 1.807) is 30.6 Å². The summed E-state index contributed by atoms with van der Waals surface area (Å²) < 4.78 is 0. The Morgan fingerprint density at radius 3 is 2.62 bits per heavy atom. The van der Waals surface area contributed by atoms with E-state index in [-0.39, 0.29) is 17.1 Å². The standard InChI is InChI=1S/C20H20N2O2/c1-20(2,3)14-7-8-17(18(23)11-14)22-19(24)16-6-4-5-13-12-21-10-9-15(13)16/h4-12,23H,1-3H3,(H,22,24). The van der Waals surface area contributed by atoms with Crippen LogP contribution in [0.2, 0.25) is 0 Å². The number of amides is 1. The highest BCUT2D eigenvalue weighted by atomic mass is 16.3. The first-order chi connectivity index (χ1) is 11.4. The lowest BCUT2D eigenvalue weighted by atomic mass is 9.87. The average Bonchev–Trinajstić information content (AvgIpc) is 2.55. The van der Waals surface area contributed by atoms with Gasteiger partial charge in [0.15, 0.2) is 0 Å². The first-order valence-corrected chi connectivity index (χ1v) is 7.84. The number of phenols is 1. The van der Waals surface area contributed by atoms with E-state index in [0.717, 1.165) is 16.3 Å². The lowest BCUT2D eigenvalue weighted by Gasteiger charge is -2.20. The summed E-state index contributed by atoms with van der Waals surface area (Å²) >= 11 is 0. The number of phenolic OH excluding ortho intramolecular Hbond substituents is 1. The number of benzene rings is 2. The van der Waals surface area contributed by atoms with Gasteiger partial charge in [-0.1, -0.05) is 39.0 Å². The van der Waals surface area contributed by atoms with Crippen LogP contribution in [-0.2, 0) is 5.41 Å². The monoisotopic (exact) mass is 320 g/mol. The Bertz CT molecular complexity index is 906. The molecule has 0 unspecified atom stereocenters. The Hall–Kier alpha value is -2.88. The van der Waals surface area contributed by atoms with Gasteiger partial charge >= 0.3 is 0 Å². The van der Waals surface area contributed by atoms with Gasteiger partial charge in [-0.2, -0.15) is 0 Å².